The summed E-state index contributed by atoms with van der Waals surface area (Å²) in [5.74, 6) is -0.352. The molecule has 3 rings (SSSR count). The van der Waals surface area contributed by atoms with E-state index < -0.39 is 5.97 Å². The molecule has 21 heavy (non-hydrogen) atoms. The van der Waals surface area contributed by atoms with Crippen LogP contribution in [0.5, 0.6) is 0 Å². The van der Waals surface area contributed by atoms with Crippen molar-refractivity contribution >= 4 is 28.5 Å². The second kappa shape index (κ2) is 4.91. The highest BCUT2D eigenvalue weighted by atomic mass is 16.5. The number of carbonyl (C=O) groups is 2. The van der Waals surface area contributed by atoms with Crippen LogP contribution in [0.15, 0.2) is 18.2 Å². The van der Waals surface area contributed by atoms with Crippen LogP contribution in [-0.2, 0) is 16.6 Å². The summed E-state index contributed by atoms with van der Waals surface area (Å²) in [6, 6.07) is 5.99. The first-order valence-corrected chi connectivity index (χ1v) is 7.02. The quantitative estimate of drug-likeness (QED) is 0.797. The molecule has 0 bridgehead atoms. The molecular formula is C16H18N2O3. The maximum Gasteiger partial charge on any atom is 0.356 e. The molecule has 1 fully saturated rings. The Morgan fingerprint density at radius 3 is 2.71 bits per heavy atom. The summed E-state index contributed by atoms with van der Waals surface area (Å²) >= 11 is 0. The van der Waals surface area contributed by atoms with Crippen molar-refractivity contribution in [3.8, 4) is 0 Å². The minimum atomic E-state index is -0.416. The van der Waals surface area contributed by atoms with E-state index in [4.69, 9.17) is 4.74 Å². The van der Waals surface area contributed by atoms with Gasteiger partial charge < -0.3 is 14.2 Å². The Labute approximate surface area is 123 Å². The summed E-state index contributed by atoms with van der Waals surface area (Å²) in [5.41, 5.74) is 3.15. The van der Waals surface area contributed by atoms with Crippen LogP contribution >= 0.6 is 0 Å². The first-order valence-electron chi connectivity index (χ1n) is 7.02. The van der Waals surface area contributed by atoms with Crippen LogP contribution < -0.4 is 4.90 Å². The van der Waals surface area contributed by atoms with Crippen LogP contribution in [0, 0.1) is 6.92 Å². The van der Waals surface area contributed by atoms with E-state index in [-0.39, 0.29) is 5.91 Å². The maximum absolute atomic E-state index is 12.2. The third-order valence-corrected chi connectivity index (χ3v) is 4.05. The van der Waals surface area contributed by atoms with Crippen molar-refractivity contribution in [1.29, 1.82) is 0 Å². The van der Waals surface area contributed by atoms with E-state index in [2.05, 4.69) is 0 Å². The van der Waals surface area contributed by atoms with E-state index in [0.717, 1.165) is 22.9 Å². The van der Waals surface area contributed by atoms with E-state index in [9.17, 15) is 9.59 Å². The van der Waals surface area contributed by atoms with Gasteiger partial charge in [0.05, 0.1) is 18.3 Å². The first kappa shape index (κ1) is 13.7. The van der Waals surface area contributed by atoms with E-state index in [1.165, 1.54) is 7.11 Å². The molecule has 110 valence electrons. The second-order valence-corrected chi connectivity index (χ2v) is 5.42. The first-order chi connectivity index (χ1) is 10.0. The van der Waals surface area contributed by atoms with Gasteiger partial charge in [0.2, 0.25) is 5.91 Å². The Kier molecular flexibility index (Phi) is 3.20. The zero-order valence-electron chi connectivity index (χ0n) is 12.5. The van der Waals surface area contributed by atoms with Gasteiger partial charge in [0.1, 0.15) is 0 Å². The lowest BCUT2D eigenvalue weighted by Gasteiger charge is -2.17. The third kappa shape index (κ3) is 2.00. The van der Waals surface area contributed by atoms with Gasteiger partial charge in [-0.2, -0.15) is 0 Å². The lowest BCUT2D eigenvalue weighted by Crippen LogP contribution is -2.26. The van der Waals surface area contributed by atoms with Crippen molar-refractivity contribution in [2.75, 3.05) is 18.6 Å². The van der Waals surface area contributed by atoms with Crippen molar-refractivity contribution in [2.24, 2.45) is 7.05 Å². The smallest absolute Gasteiger partial charge is 0.356 e. The molecule has 0 saturated carbocycles. The number of esters is 1. The van der Waals surface area contributed by atoms with E-state index >= 15 is 0 Å². The number of anilines is 1. The fourth-order valence-corrected chi connectivity index (χ4v) is 3.03. The van der Waals surface area contributed by atoms with Crippen LogP contribution in [0.3, 0.4) is 0 Å². The lowest BCUT2D eigenvalue weighted by atomic mass is 10.1. The Hall–Kier alpha value is -2.30. The molecule has 5 nitrogen and oxygen atoms in total. The molecule has 0 atom stereocenters. The molecule has 5 heteroatoms. The molecule has 0 N–H and O–H groups in total. The fraction of sp³-hybridized carbons (Fsp3) is 0.375. The second-order valence-electron chi connectivity index (χ2n) is 5.42. The zero-order valence-corrected chi connectivity index (χ0v) is 12.5. The topological polar surface area (TPSA) is 51.5 Å². The number of carbonyl (C=O) groups excluding carboxylic acids is 2. The summed E-state index contributed by atoms with van der Waals surface area (Å²) in [4.78, 5) is 26.0. The molecule has 1 aromatic carbocycles. The molecule has 1 saturated heterocycles. The summed E-state index contributed by atoms with van der Waals surface area (Å²) in [7, 11) is 3.19. The summed E-state index contributed by atoms with van der Waals surface area (Å²) in [6.07, 6.45) is 1.35. The number of aromatic nitrogens is 1. The molecule has 0 aliphatic carbocycles. The Morgan fingerprint density at radius 2 is 2.10 bits per heavy atom. The number of ether oxygens (including phenoxy) is 1. The van der Waals surface area contributed by atoms with E-state index in [1.807, 2.05) is 36.7 Å². The maximum atomic E-state index is 12.2. The number of hydrogen-bond donors (Lipinski definition) is 0. The number of hydrogen-bond acceptors (Lipinski definition) is 3. The number of fused-ring (bicyclic) bond motifs is 1. The highest BCUT2D eigenvalue weighted by Gasteiger charge is 2.31. The average Bonchev–Trinajstić information content (AvgIpc) is 2.99. The van der Waals surface area contributed by atoms with Crippen molar-refractivity contribution in [3.05, 3.63) is 29.5 Å². The average molecular weight is 286 g/mol. The SMILES string of the molecule is COC(=O)c1c(N2CCCC2=O)c2cc(C)ccc2n1C. The summed E-state index contributed by atoms with van der Waals surface area (Å²) in [6.45, 7) is 2.65. The Balaban J connectivity index is 2.35. The van der Waals surface area contributed by atoms with Gasteiger partial charge in [-0.15, -0.1) is 0 Å². The van der Waals surface area contributed by atoms with Gasteiger partial charge in [-0.1, -0.05) is 11.6 Å². The molecule has 1 aromatic heterocycles. The van der Waals surface area contributed by atoms with Crippen LogP contribution in [0.2, 0.25) is 0 Å². The largest absolute Gasteiger partial charge is 0.464 e. The van der Waals surface area contributed by atoms with Crippen molar-refractivity contribution in [2.45, 2.75) is 19.8 Å². The highest BCUT2D eigenvalue weighted by molar-refractivity contribution is 6.13. The minimum absolute atomic E-state index is 0.0640. The van der Waals surface area contributed by atoms with Gasteiger partial charge in [-0.3, -0.25) is 4.79 Å². The monoisotopic (exact) mass is 286 g/mol. The number of rotatable bonds is 2. The predicted octanol–water partition coefficient (Wildman–Crippen LogP) is 2.40. The summed E-state index contributed by atoms with van der Waals surface area (Å²) < 4.78 is 6.72. The van der Waals surface area contributed by atoms with Crippen molar-refractivity contribution < 1.29 is 14.3 Å². The van der Waals surface area contributed by atoms with E-state index in [0.29, 0.717) is 24.3 Å². The molecule has 1 amide bonds. The molecule has 1 aliphatic heterocycles. The number of aryl methyl sites for hydroxylation is 2. The molecule has 1 aliphatic rings. The number of nitrogens with zero attached hydrogens (tertiary/aromatic N) is 2. The van der Waals surface area contributed by atoms with Crippen molar-refractivity contribution in [3.63, 3.8) is 0 Å². The zero-order chi connectivity index (χ0) is 15.1. The van der Waals surface area contributed by atoms with E-state index in [1.54, 1.807) is 4.90 Å². The fourth-order valence-electron chi connectivity index (χ4n) is 3.03. The molecule has 2 heterocycles. The third-order valence-electron chi connectivity index (χ3n) is 4.05. The number of methoxy groups -OCH3 is 1. The highest BCUT2D eigenvalue weighted by Crippen LogP contribution is 2.36. The van der Waals surface area contributed by atoms with Crippen LogP contribution in [0.1, 0.15) is 28.9 Å². The standard InChI is InChI=1S/C16H18N2O3/c1-10-6-7-12-11(9-10)14(18-8-4-5-13(18)19)15(17(12)2)16(20)21-3/h6-7,9H,4-5,8H2,1-3H3. The Morgan fingerprint density at radius 1 is 1.33 bits per heavy atom. The minimum Gasteiger partial charge on any atom is -0.464 e. The molecular weight excluding hydrogens is 268 g/mol. The van der Waals surface area contributed by atoms with Gasteiger partial charge in [0.15, 0.2) is 5.69 Å². The lowest BCUT2D eigenvalue weighted by molar-refractivity contribution is -0.117. The van der Waals surface area contributed by atoms with Gasteiger partial charge >= 0.3 is 5.97 Å². The molecule has 2 aromatic rings. The van der Waals surface area contributed by atoms with Gasteiger partial charge in [-0.25, -0.2) is 4.79 Å². The van der Waals surface area contributed by atoms with Gasteiger partial charge in [-0.05, 0) is 25.5 Å². The van der Waals surface area contributed by atoms with Crippen LogP contribution in [0.25, 0.3) is 10.9 Å². The Bertz CT molecular complexity index is 746. The predicted molar refractivity (Wildman–Crippen MR) is 80.6 cm³/mol. The number of amides is 1. The van der Waals surface area contributed by atoms with Crippen molar-refractivity contribution in [1.82, 2.24) is 4.57 Å². The van der Waals surface area contributed by atoms with Gasteiger partial charge in [0.25, 0.3) is 0 Å². The van der Waals surface area contributed by atoms with Crippen LogP contribution in [-0.4, -0.2) is 30.1 Å². The number of benzene rings is 1. The van der Waals surface area contributed by atoms with Crippen LogP contribution in [0.4, 0.5) is 5.69 Å². The van der Waals surface area contributed by atoms with Gasteiger partial charge in [0, 0.05) is 25.4 Å². The normalized spacial score (nSPS) is 15.0. The summed E-state index contributed by atoms with van der Waals surface area (Å²) in [5, 5.41) is 0.924. The molecule has 0 unspecified atom stereocenters. The molecule has 0 radical (unpaired) electrons. The molecule has 0 spiro atoms.